The van der Waals surface area contributed by atoms with Crippen LogP contribution in [-0.4, -0.2) is 22.1 Å². The van der Waals surface area contributed by atoms with Crippen molar-refractivity contribution in [3.05, 3.63) is 124 Å². The van der Waals surface area contributed by atoms with Gasteiger partial charge in [-0.05, 0) is 73.9 Å². The molecule has 5 rings (SSSR count). The van der Waals surface area contributed by atoms with Crippen LogP contribution >= 0.6 is 11.8 Å². The molecular weight excluding hydrogens is 506 g/mol. The molecule has 1 heterocycles. The van der Waals surface area contributed by atoms with E-state index in [-0.39, 0.29) is 11.5 Å². The van der Waals surface area contributed by atoms with Gasteiger partial charge < -0.3 is 10.1 Å². The largest absolute Gasteiger partial charge is 0.492 e. The van der Waals surface area contributed by atoms with E-state index in [2.05, 4.69) is 5.32 Å². The molecule has 0 aliphatic rings. The maximum Gasteiger partial charge on any atom is 0.266 e. The molecule has 0 aliphatic carbocycles. The first-order valence-corrected chi connectivity index (χ1v) is 13.7. The number of anilines is 1. The summed E-state index contributed by atoms with van der Waals surface area (Å²) in [6, 6.07) is 30.1. The quantitative estimate of drug-likeness (QED) is 0.173. The van der Waals surface area contributed by atoms with Crippen LogP contribution in [0.5, 0.6) is 5.75 Å². The van der Waals surface area contributed by atoms with E-state index in [9.17, 15) is 9.59 Å². The molecule has 1 aromatic heterocycles. The molecular formula is C32H29N3O3S. The third-order valence-electron chi connectivity index (χ3n) is 6.50. The van der Waals surface area contributed by atoms with Crippen molar-refractivity contribution in [3.63, 3.8) is 0 Å². The van der Waals surface area contributed by atoms with Crippen LogP contribution in [0.2, 0.25) is 0 Å². The second kappa shape index (κ2) is 11.6. The number of nitrogens with one attached hydrogen (secondary N) is 1. The van der Waals surface area contributed by atoms with Gasteiger partial charge in [0.05, 0.1) is 28.9 Å². The summed E-state index contributed by atoms with van der Waals surface area (Å²) in [4.78, 5) is 32.6. The molecule has 1 atom stereocenters. The van der Waals surface area contributed by atoms with Crippen molar-refractivity contribution in [2.45, 2.75) is 31.2 Å². The highest BCUT2D eigenvalue weighted by Crippen LogP contribution is 2.37. The van der Waals surface area contributed by atoms with Crippen LogP contribution in [0.3, 0.4) is 0 Å². The van der Waals surface area contributed by atoms with E-state index < -0.39 is 5.25 Å². The molecule has 1 unspecified atom stereocenters. The van der Waals surface area contributed by atoms with Crippen LogP contribution < -0.4 is 15.6 Å². The van der Waals surface area contributed by atoms with Crippen LogP contribution in [0.25, 0.3) is 16.6 Å². The molecule has 0 spiro atoms. The molecule has 0 saturated carbocycles. The van der Waals surface area contributed by atoms with Crippen molar-refractivity contribution in [2.24, 2.45) is 0 Å². The summed E-state index contributed by atoms with van der Waals surface area (Å²) in [5.41, 5.74) is 4.68. The summed E-state index contributed by atoms with van der Waals surface area (Å²) < 4.78 is 7.33. The second-order valence-electron chi connectivity index (χ2n) is 9.15. The molecule has 1 amide bonds. The molecule has 0 fully saturated rings. The molecule has 6 nitrogen and oxygen atoms in total. The minimum Gasteiger partial charge on any atom is -0.492 e. The van der Waals surface area contributed by atoms with Gasteiger partial charge in [0.1, 0.15) is 11.0 Å². The lowest BCUT2D eigenvalue weighted by atomic mass is 10.1. The summed E-state index contributed by atoms with van der Waals surface area (Å²) in [6.45, 7) is 6.43. The number of benzene rings is 4. The van der Waals surface area contributed by atoms with Gasteiger partial charge in [0.2, 0.25) is 5.91 Å². The van der Waals surface area contributed by atoms with Crippen LogP contribution in [0.15, 0.2) is 107 Å². The van der Waals surface area contributed by atoms with Gasteiger partial charge in [-0.2, -0.15) is 0 Å². The van der Waals surface area contributed by atoms with Gasteiger partial charge >= 0.3 is 0 Å². The number of carbonyl (C=O) groups excluding carboxylic acids is 1. The lowest BCUT2D eigenvalue weighted by Crippen LogP contribution is -2.24. The van der Waals surface area contributed by atoms with Gasteiger partial charge in [0, 0.05) is 0 Å². The molecule has 5 aromatic rings. The maximum atomic E-state index is 13.9. The summed E-state index contributed by atoms with van der Waals surface area (Å²) in [5, 5.41) is 3.31. The molecule has 0 bridgehead atoms. The number of thioether (sulfide) groups is 1. The molecule has 4 aromatic carbocycles. The van der Waals surface area contributed by atoms with Crippen molar-refractivity contribution in [2.75, 3.05) is 11.9 Å². The van der Waals surface area contributed by atoms with E-state index in [1.165, 1.54) is 11.8 Å². The molecule has 0 saturated heterocycles. The Morgan fingerprint density at radius 3 is 2.41 bits per heavy atom. The zero-order chi connectivity index (χ0) is 27.4. The van der Waals surface area contributed by atoms with E-state index in [1.807, 2.05) is 112 Å². The van der Waals surface area contributed by atoms with Crippen LogP contribution in [0, 0.1) is 13.8 Å². The number of fused-ring (bicyclic) bond motifs is 1. The van der Waals surface area contributed by atoms with E-state index in [1.54, 1.807) is 10.6 Å². The van der Waals surface area contributed by atoms with E-state index >= 15 is 0 Å². The number of nitrogens with zero attached hydrogens (tertiary/aromatic N) is 2. The number of aromatic nitrogens is 2. The van der Waals surface area contributed by atoms with Crippen LogP contribution in [-0.2, 0) is 4.79 Å². The van der Waals surface area contributed by atoms with Crippen molar-refractivity contribution >= 4 is 34.3 Å². The molecule has 1 N–H and O–H groups in total. The zero-order valence-electron chi connectivity index (χ0n) is 22.0. The number of hydrogen-bond donors (Lipinski definition) is 1. The Morgan fingerprint density at radius 1 is 0.923 bits per heavy atom. The Balaban J connectivity index is 1.63. The Kier molecular flexibility index (Phi) is 7.79. The van der Waals surface area contributed by atoms with Gasteiger partial charge in [-0.1, -0.05) is 72.4 Å². The summed E-state index contributed by atoms with van der Waals surface area (Å²) in [6.07, 6.45) is 0. The van der Waals surface area contributed by atoms with Crippen molar-refractivity contribution < 1.29 is 9.53 Å². The normalized spacial score (nSPS) is 11.8. The highest BCUT2D eigenvalue weighted by molar-refractivity contribution is 8.00. The Labute approximate surface area is 231 Å². The minimum atomic E-state index is -0.688. The summed E-state index contributed by atoms with van der Waals surface area (Å²) in [5.74, 6) is 0.355. The molecule has 196 valence electrons. The number of amides is 1. The second-order valence-corrected chi connectivity index (χ2v) is 10.2. The Bertz CT molecular complexity index is 1700. The predicted octanol–water partition coefficient (Wildman–Crippen LogP) is 6.87. The maximum absolute atomic E-state index is 13.9. The number of carbonyl (C=O) groups is 1. The zero-order valence-corrected chi connectivity index (χ0v) is 22.9. The predicted molar refractivity (Wildman–Crippen MR) is 158 cm³/mol. The van der Waals surface area contributed by atoms with E-state index in [0.717, 1.165) is 16.7 Å². The van der Waals surface area contributed by atoms with Crippen molar-refractivity contribution in [3.8, 4) is 11.4 Å². The average Bonchev–Trinajstić information content (AvgIpc) is 2.95. The first-order chi connectivity index (χ1) is 19.0. The number of rotatable bonds is 8. The lowest BCUT2D eigenvalue weighted by molar-refractivity contribution is -0.115. The Morgan fingerprint density at radius 2 is 1.64 bits per heavy atom. The molecule has 0 radical (unpaired) electrons. The lowest BCUT2D eigenvalue weighted by Gasteiger charge is -2.20. The monoisotopic (exact) mass is 535 g/mol. The molecule has 0 aliphatic heterocycles. The fourth-order valence-corrected chi connectivity index (χ4v) is 5.45. The van der Waals surface area contributed by atoms with E-state index in [0.29, 0.717) is 39.8 Å². The van der Waals surface area contributed by atoms with E-state index in [4.69, 9.17) is 9.72 Å². The molecule has 7 heteroatoms. The van der Waals surface area contributed by atoms with Crippen LogP contribution in [0.4, 0.5) is 5.69 Å². The highest BCUT2D eigenvalue weighted by Gasteiger charge is 2.26. The first kappa shape index (κ1) is 26.3. The van der Waals surface area contributed by atoms with Gasteiger partial charge in [-0.3, -0.25) is 14.2 Å². The Hall–Kier alpha value is -4.36. The van der Waals surface area contributed by atoms with Gasteiger partial charge in [-0.15, -0.1) is 0 Å². The van der Waals surface area contributed by atoms with Crippen LogP contribution in [0.1, 0.15) is 28.9 Å². The summed E-state index contributed by atoms with van der Waals surface area (Å²) in [7, 11) is 0. The average molecular weight is 536 g/mol. The topological polar surface area (TPSA) is 73.2 Å². The first-order valence-electron chi connectivity index (χ1n) is 12.8. The fraction of sp³-hybridized carbons (Fsp3) is 0.156. The smallest absolute Gasteiger partial charge is 0.266 e. The van der Waals surface area contributed by atoms with Gasteiger partial charge in [0.25, 0.3) is 5.56 Å². The van der Waals surface area contributed by atoms with Crippen molar-refractivity contribution in [1.29, 1.82) is 0 Å². The molecule has 39 heavy (non-hydrogen) atoms. The summed E-state index contributed by atoms with van der Waals surface area (Å²) >= 11 is 1.25. The fourth-order valence-electron chi connectivity index (χ4n) is 4.34. The highest BCUT2D eigenvalue weighted by atomic mass is 32.2. The number of ether oxygens (including phenoxy) is 1. The standard InChI is InChI=1S/C32H29N3O3S/c1-4-38-28-17-11-10-16-27(28)33-30(36)29(23-12-6-5-7-13-23)39-32-34-26-15-9-8-14-25(26)31(37)35(32)24-19-18-21(2)22(3)20-24/h5-20,29H,4H2,1-3H3,(H,33,36). The van der Waals surface area contributed by atoms with Crippen molar-refractivity contribution in [1.82, 2.24) is 9.55 Å². The minimum absolute atomic E-state index is 0.180. The van der Waals surface area contributed by atoms with Gasteiger partial charge in [-0.25, -0.2) is 4.98 Å². The third kappa shape index (κ3) is 5.59. The number of aryl methyl sites for hydroxylation is 2. The number of hydrogen-bond acceptors (Lipinski definition) is 5. The third-order valence-corrected chi connectivity index (χ3v) is 7.71. The SMILES string of the molecule is CCOc1ccccc1NC(=O)C(Sc1nc2ccccc2c(=O)n1-c1ccc(C)c(C)c1)c1ccccc1. The number of para-hydroxylation sites is 3. The van der Waals surface area contributed by atoms with Gasteiger partial charge in [0.15, 0.2) is 5.16 Å².